The zero-order valence-corrected chi connectivity index (χ0v) is 11.5. The lowest BCUT2D eigenvalue weighted by atomic mass is 10.2. The van der Waals surface area contributed by atoms with Gasteiger partial charge in [-0.15, -0.1) is 0 Å². The van der Waals surface area contributed by atoms with Crippen molar-refractivity contribution in [3.63, 3.8) is 0 Å². The van der Waals surface area contributed by atoms with Crippen LogP contribution in [0.4, 0.5) is 0 Å². The van der Waals surface area contributed by atoms with Gasteiger partial charge in [0.2, 0.25) is 0 Å². The molecule has 0 saturated carbocycles. The maximum atomic E-state index is 10.8. The quantitative estimate of drug-likeness (QED) is 0.692. The molecule has 0 radical (unpaired) electrons. The first-order chi connectivity index (χ1) is 9.72. The molecule has 100 valence electrons. The van der Waals surface area contributed by atoms with Gasteiger partial charge in [0.1, 0.15) is 12.0 Å². The molecule has 1 heterocycles. The van der Waals surface area contributed by atoms with Gasteiger partial charge in [-0.25, -0.2) is 4.68 Å². The summed E-state index contributed by atoms with van der Waals surface area (Å²) in [6.07, 6.45) is 0.790. The van der Waals surface area contributed by atoms with Gasteiger partial charge >= 0.3 is 0 Å². The predicted molar refractivity (Wildman–Crippen MR) is 78.0 cm³/mol. The van der Waals surface area contributed by atoms with Gasteiger partial charge in [-0.2, -0.15) is 5.10 Å². The number of aldehydes is 1. The van der Waals surface area contributed by atoms with Gasteiger partial charge in [-0.05, 0) is 30.3 Å². The van der Waals surface area contributed by atoms with E-state index in [0.29, 0.717) is 10.7 Å². The number of hydrogen-bond acceptors (Lipinski definition) is 3. The lowest BCUT2D eigenvalue weighted by Crippen LogP contribution is -1.96. The fourth-order valence-electron chi connectivity index (χ4n) is 2.11. The summed E-state index contributed by atoms with van der Waals surface area (Å²) in [6, 6.07) is 12.8. The summed E-state index contributed by atoms with van der Waals surface area (Å²) >= 11 is 6.15. The lowest BCUT2D eigenvalue weighted by molar-refractivity contribution is 0.112. The average Bonchev–Trinajstić information content (AvgIpc) is 2.84. The number of ether oxygens (including phenoxy) is 1. The van der Waals surface area contributed by atoms with Gasteiger partial charge < -0.3 is 4.74 Å². The molecule has 0 fully saturated rings. The van der Waals surface area contributed by atoms with Crippen molar-refractivity contribution in [3.05, 3.63) is 53.2 Å². The molecule has 0 aliphatic heterocycles. The Morgan fingerprint density at radius 2 is 2.10 bits per heavy atom. The number of carbonyl (C=O) groups excluding carboxylic acids is 1. The van der Waals surface area contributed by atoms with Gasteiger partial charge in [0.05, 0.1) is 18.3 Å². The van der Waals surface area contributed by atoms with Gasteiger partial charge in [0.15, 0.2) is 5.15 Å². The number of halogens is 1. The van der Waals surface area contributed by atoms with E-state index in [-0.39, 0.29) is 0 Å². The summed E-state index contributed by atoms with van der Waals surface area (Å²) in [5.41, 5.74) is 2.26. The smallest absolute Gasteiger partial charge is 0.159 e. The minimum Gasteiger partial charge on any atom is -0.497 e. The number of aromatic nitrogens is 2. The number of hydrogen-bond donors (Lipinski definition) is 0. The van der Waals surface area contributed by atoms with Crippen molar-refractivity contribution in [1.82, 2.24) is 9.78 Å². The SMILES string of the molecule is COc1cccc(-n2nc(Cl)c3cc(C=O)ccc32)c1. The van der Waals surface area contributed by atoms with Crippen LogP contribution in [0.5, 0.6) is 5.75 Å². The fourth-order valence-corrected chi connectivity index (χ4v) is 2.34. The third-order valence-corrected chi connectivity index (χ3v) is 3.37. The third kappa shape index (κ3) is 2.04. The Bertz CT molecular complexity index is 796. The first-order valence-electron chi connectivity index (χ1n) is 6.01. The molecule has 0 aliphatic carbocycles. The van der Waals surface area contributed by atoms with Crippen molar-refractivity contribution in [1.29, 1.82) is 0 Å². The van der Waals surface area contributed by atoms with E-state index in [4.69, 9.17) is 16.3 Å². The highest BCUT2D eigenvalue weighted by atomic mass is 35.5. The summed E-state index contributed by atoms with van der Waals surface area (Å²) in [5.74, 6) is 0.742. The highest BCUT2D eigenvalue weighted by Gasteiger charge is 2.11. The van der Waals surface area contributed by atoms with Gasteiger partial charge in [-0.1, -0.05) is 17.7 Å². The standard InChI is InChI=1S/C15H11ClN2O2/c1-20-12-4-2-3-11(8-12)18-14-6-5-10(9-19)7-13(14)15(16)17-18/h2-9H,1H3. The molecular weight excluding hydrogens is 276 g/mol. The maximum absolute atomic E-state index is 10.8. The average molecular weight is 287 g/mol. The van der Waals surface area contributed by atoms with Crippen LogP contribution in [-0.2, 0) is 0 Å². The number of carbonyl (C=O) groups is 1. The first-order valence-corrected chi connectivity index (χ1v) is 6.38. The summed E-state index contributed by atoms with van der Waals surface area (Å²) in [6.45, 7) is 0. The van der Waals surface area contributed by atoms with Gasteiger partial charge in [-0.3, -0.25) is 4.79 Å². The summed E-state index contributed by atoms with van der Waals surface area (Å²) in [7, 11) is 1.61. The molecule has 4 nitrogen and oxygen atoms in total. The normalized spacial score (nSPS) is 10.7. The zero-order chi connectivity index (χ0) is 14.1. The Hall–Kier alpha value is -2.33. The van der Waals surface area contributed by atoms with Crippen LogP contribution in [-0.4, -0.2) is 23.2 Å². The molecule has 0 spiro atoms. The molecule has 0 saturated heterocycles. The predicted octanol–water partition coefficient (Wildman–Crippen LogP) is 3.50. The van der Waals surface area contributed by atoms with E-state index in [2.05, 4.69) is 5.10 Å². The van der Waals surface area contributed by atoms with Crippen molar-refractivity contribution in [2.24, 2.45) is 0 Å². The van der Waals surface area contributed by atoms with E-state index in [1.165, 1.54) is 0 Å². The van der Waals surface area contributed by atoms with Crippen LogP contribution in [0.2, 0.25) is 5.15 Å². The molecule has 20 heavy (non-hydrogen) atoms. The number of fused-ring (bicyclic) bond motifs is 1. The second-order valence-electron chi connectivity index (χ2n) is 4.30. The molecule has 0 atom stereocenters. The van der Waals surface area contributed by atoms with E-state index in [1.807, 2.05) is 30.3 Å². The molecule has 0 aliphatic rings. The largest absolute Gasteiger partial charge is 0.497 e. The Kier molecular flexibility index (Phi) is 3.16. The van der Waals surface area contributed by atoms with Crippen molar-refractivity contribution < 1.29 is 9.53 Å². The molecule has 0 amide bonds. The molecule has 0 unspecified atom stereocenters. The van der Waals surface area contributed by atoms with E-state index < -0.39 is 0 Å². The van der Waals surface area contributed by atoms with Gasteiger partial charge in [0, 0.05) is 17.0 Å². The Morgan fingerprint density at radius 3 is 2.85 bits per heavy atom. The van der Waals surface area contributed by atoms with Crippen molar-refractivity contribution in [2.75, 3.05) is 7.11 Å². The monoisotopic (exact) mass is 286 g/mol. The van der Waals surface area contributed by atoms with Gasteiger partial charge in [0.25, 0.3) is 0 Å². The topological polar surface area (TPSA) is 44.1 Å². The van der Waals surface area contributed by atoms with Crippen LogP contribution in [0, 0.1) is 0 Å². The molecule has 0 N–H and O–H groups in total. The lowest BCUT2D eigenvalue weighted by Gasteiger charge is -2.05. The second-order valence-corrected chi connectivity index (χ2v) is 4.66. The summed E-state index contributed by atoms with van der Waals surface area (Å²) < 4.78 is 6.94. The van der Waals surface area contributed by atoms with E-state index in [0.717, 1.165) is 28.6 Å². The number of benzene rings is 2. The number of rotatable bonds is 3. The molecule has 5 heteroatoms. The maximum Gasteiger partial charge on any atom is 0.159 e. The van der Waals surface area contributed by atoms with Crippen molar-refractivity contribution >= 4 is 28.8 Å². The molecule has 1 aromatic heterocycles. The first kappa shape index (κ1) is 12.7. The molecule has 2 aromatic carbocycles. The Morgan fingerprint density at radius 1 is 1.25 bits per heavy atom. The van der Waals surface area contributed by atoms with Crippen LogP contribution in [0.1, 0.15) is 10.4 Å². The number of methoxy groups -OCH3 is 1. The zero-order valence-electron chi connectivity index (χ0n) is 10.7. The molecule has 0 bridgehead atoms. The molecule has 3 rings (SSSR count). The highest BCUT2D eigenvalue weighted by molar-refractivity contribution is 6.34. The Labute approximate surface area is 120 Å². The Balaban J connectivity index is 2.23. The fraction of sp³-hybridized carbons (Fsp3) is 0.0667. The summed E-state index contributed by atoms with van der Waals surface area (Å²) in [5, 5.41) is 5.44. The van der Waals surface area contributed by atoms with Crippen LogP contribution < -0.4 is 4.74 Å². The van der Waals surface area contributed by atoms with Crippen molar-refractivity contribution in [3.8, 4) is 11.4 Å². The van der Waals surface area contributed by atoms with E-state index in [1.54, 1.807) is 23.9 Å². The molecule has 3 aromatic rings. The third-order valence-electron chi connectivity index (χ3n) is 3.09. The highest BCUT2D eigenvalue weighted by Crippen LogP contribution is 2.27. The molecular formula is C15H11ClN2O2. The van der Waals surface area contributed by atoms with Crippen LogP contribution in [0.25, 0.3) is 16.6 Å². The van der Waals surface area contributed by atoms with Crippen molar-refractivity contribution in [2.45, 2.75) is 0 Å². The van der Waals surface area contributed by atoms with Crippen LogP contribution in [0.15, 0.2) is 42.5 Å². The van der Waals surface area contributed by atoms with Crippen LogP contribution in [0.3, 0.4) is 0 Å². The minimum absolute atomic E-state index is 0.367. The van der Waals surface area contributed by atoms with Crippen LogP contribution >= 0.6 is 11.6 Å². The minimum atomic E-state index is 0.367. The summed E-state index contributed by atoms with van der Waals surface area (Å²) in [4.78, 5) is 10.8. The second kappa shape index (κ2) is 4.98. The number of nitrogens with zero attached hydrogens (tertiary/aromatic N) is 2. The van der Waals surface area contributed by atoms with E-state index in [9.17, 15) is 4.79 Å². The van der Waals surface area contributed by atoms with E-state index >= 15 is 0 Å².